The van der Waals surface area contributed by atoms with Crippen LogP contribution in [0.15, 0.2) is 40.6 Å². The summed E-state index contributed by atoms with van der Waals surface area (Å²) in [5.74, 6) is 2.61. The number of thiophene rings is 1. The van der Waals surface area contributed by atoms with E-state index in [1.807, 2.05) is 10.6 Å². The number of hydrogen-bond donors (Lipinski definition) is 2. The Labute approximate surface area is 185 Å². The SMILES string of the molecule is CCCn1c(CCC(=O)NCCSCc2cccs2)nc2cc(S(N)(=O)=O)ccc21. The molecule has 1 amide bonds. The van der Waals surface area contributed by atoms with E-state index in [0.29, 0.717) is 24.9 Å². The Hall–Kier alpha value is -1.88. The van der Waals surface area contributed by atoms with Crippen LogP contribution in [0.1, 0.15) is 30.5 Å². The second-order valence-electron chi connectivity index (χ2n) is 6.86. The van der Waals surface area contributed by atoms with E-state index in [9.17, 15) is 13.2 Å². The molecule has 0 aliphatic heterocycles. The topological polar surface area (TPSA) is 107 Å². The van der Waals surface area contributed by atoms with E-state index < -0.39 is 10.0 Å². The zero-order valence-electron chi connectivity index (χ0n) is 16.8. The number of hydrogen-bond acceptors (Lipinski definition) is 6. The summed E-state index contributed by atoms with van der Waals surface area (Å²) in [7, 11) is -3.78. The van der Waals surface area contributed by atoms with Crippen molar-refractivity contribution < 1.29 is 13.2 Å². The molecular weight excluding hydrogens is 440 g/mol. The maximum absolute atomic E-state index is 12.2. The fraction of sp³-hybridized carbons (Fsp3) is 0.400. The van der Waals surface area contributed by atoms with Gasteiger partial charge in [0.1, 0.15) is 5.82 Å². The minimum absolute atomic E-state index is 0.00736. The number of nitrogens with zero attached hydrogens (tertiary/aromatic N) is 2. The summed E-state index contributed by atoms with van der Waals surface area (Å²) in [6, 6.07) is 8.88. The molecule has 0 aliphatic rings. The summed E-state index contributed by atoms with van der Waals surface area (Å²) in [5.41, 5.74) is 1.43. The zero-order chi connectivity index (χ0) is 21.6. The average Bonchev–Trinajstić information content (AvgIpc) is 3.33. The Balaban J connectivity index is 1.56. The molecule has 0 unspecified atom stereocenters. The van der Waals surface area contributed by atoms with Gasteiger partial charge in [-0.1, -0.05) is 13.0 Å². The monoisotopic (exact) mass is 466 g/mol. The highest BCUT2D eigenvalue weighted by molar-refractivity contribution is 7.98. The molecule has 10 heteroatoms. The van der Waals surface area contributed by atoms with Gasteiger partial charge in [0.25, 0.3) is 0 Å². The molecule has 0 bridgehead atoms. The lowest BCUT2D eigenvalue weighted by Crippen LogP contribution is -2.26. The minimum atomic E-state index is -3.78. The van der Waals surface area contributed by atoms with Crippen molar-refractivity contribution in [3.63, 3.8) is 0 Å². The predicted octanol–water partition coefficient (Wildman–Crippen LogP) is 3.14. The third kappa shape index (κ3) is 6.07. The van der Waals surface area contributed by atoms with Crippen molar-refractivity contribution in [2.45, 2.75) is 43.4 Å². The molecule has 7 nitrogen and oxygen atoms in total. The first-order valence-corrected chi connectivity index (χ1v) is 13.4. The molecule has 3 N–H and O–H groups in total. The van der Waals surface area contributed by atoms with E-state index in [1.54, 1.807) is 29.2 Å². The molecule has 0 aliphatic carbocycles. The number of primary sulfonamides is 1. The number of imidazole rings is 1. The number of carbonyl (C=O) groups is 1. The lowest BCUT2D eigenvalue weighted by molar-refractivity contribution is -0.120. The van der Waals surface area contributed by atoms with Crippen LogP contribution in [0.5, 0.6) is 0 Å². The maximum Gasteiger partial charge on any atom is 0.238 e. The Kier molecular flexibility index (Phi) is 7.93. The molecule has 2 aromatic heterocycles. The lowest BCUT2D eigenvalue weighted by atomic mass is 10.2. The Bertz CT molecular complexity index is 1090. The number of nitrogens with one attached hydrogen (secondary N) is 1. The summed E-state index contributed by atoms with van der Waals surface area (Å²) in [6.07, 6.45) is 1.74. The highest BCUT2D eigenvalue weighted by Crippen LogP contribution is 2.21. The van der Waals surface area contributed by atoms with E-state index in [1.165, 1.54) is 17.0 Å². The first kappa shape index (κ1) is 22.8. The maximum atomic E-state index is 12.2. The molecule has 0 fully saturated rings. The van der Waals surface area contributed by atoms with Crippen molar-refractivity contribution in [2.75, 3.05) is 12.3 Å². The number of nitrogens with two attached hydrogens (primary N) is 1. The van der Waals surface area contributed by atoms with Crippen LogP contribution >= 0.6 is 23.1 Å². The highest BCUT2D eigenvalue weighted by atomic mass is 32.2. The van der Waals surface area contributed by atoms with Gasteiger partial charge in [-0.3, -0.25) is 4.79 Å². The van der Waals surface area contributed by atoms with E-state index in [2.05, 4.69) is 28.7 Å². The summed E-state index contributed by atoms with van der Waals surface area (Å²) in [5, 5.41) is 10.3. The molecule has 3 aromatic rings. The second-order valence-corrected chi connectivity index (χ2v) is 10.6. The Morgan fingerprint density at radius 1 is 1.33 bits per heavy atom. The summed E-state index contributed by atoms with van der Waals surface area (Å²) in [4.78, 5) is 18.2. The summed E-state index contributed by atoms with van der Waals surface area (Å²) in [6.45, 7) is 3.45. The van der Waals surface area contributed by atoms with Crippen molar-refractivity contribution in [2.24, 2.45) is 5.14 Å². The fourth-order valence-corrected chi connectivity index (χ4v) is 5.38. The van der Waals surface area contributed by atoms with Gasteiger partial charge in [-0.05, 0) is 36.1 Å². The number of benzene rings is 1. The van der Waals surface area contributed by atoms with Crippen molar-refractivity contribution in [3.8, 4) is 0 Å². The summed E-state index contributed by atoms with van der Waals surface area (Å²) >= 11 is 3.55. The molecule has 2 heterocycles. The van der Waals surface area contributed by atoms with Gasteiger partial charge in [0.2, 0.25) is 15.9 Å². The number of carbonyl (C=O) groups excluding carboxylic acids is 1. The van der Waals surface area contributed by atoms with Crippen molar-refractivity contribution in [1.29, 1.82) is 0 Å². The lowest BCUT2D eigenvalue weighted by Gasteiger charge is -2.08. The van der Waals surface area contributed by atoms with Crippen LogP contribution in [0.4, 0.5) is 0 Å². The smallest absolute Gasteiger partial charge is 0.238 e. The first-order chi connectivity index (χ1) is 14.4. The van der Waals surface area contributed by atoms with Gasteiger partial charge in [-0.15, -0.1) is 11.3 Å². The van der Waals surface area contributed by atoms with E-state index in [0.717, 1.165) is 35.8 Å². The Morgan fingerprint density at radius 2 is 2.17 bits per heavy atom. The van der Waals surface area contributed by atoms with Gasteiger partial charge in [0, 0.05) is 42.3 Å². The predicted molar refractivity (Wildman–Crippen MR) is 123 cm³/mol. The quantitative estimate of drug-likeness (QED) is 0.422. The van der Waals surface area contributed by atoms with Crippen LogP contribution in [-0.2, 0) is 33.5 Å². The van der Waals surface area contributed by atoms with Crippen LogP contribution in [0.2, 0.25) is 0 Å². The van der Waals surface area contributed by atoms with E-state index in [4.69, 9.17) is 5.14 Å². The van der Waals surface area contributed by atoms with Gasteiger partial charge in [0.05, 0.1) is 15.9 Å². The van der Waals surface area contributed by atoms with Crippen LogP contribution in [0.3, 0.4) is 0 Å². The van der Waals surface area contributed by atoms with Crippen LogP contribution in [-0.4, -0.2) is 36.2 Å². The zero-order valence-corrected chi connectivity index (χ0v) is 19.3. The van der Waals surface area contributed by atoms with Crippen molar-refractivity contribution in [1.82, 2.24) is 14.9 Å². The molecule has 162 valence electrons. The summed E-state index contributed by atoms with van der Waals surface area (Å²) < 4.78 is 25.3. The number of rotatable bonds is 11. The molecule has 30 heavy (non-hydrogen) atoms. The van der Waals surface area contributed by atoms with Gasteiger partial charge >= 0.3 is 0 Å². The van der Waals surface area contributed by atoms with Crippen LogP contribution in [0.25, 0.3) is 11.0 Å². The largest absolute Gasteiger partial charge is 0.355 e. The standard InChI is InChI=1S/C20H26N4O3S3/c1-2-10-24-18-6-5-16(30(21,26)27)13-17(18)23-19(24)7-8-20(25)22-9-12-28-14-15-4-3-11-29-15/h3-6,11,13H,2,7-10,12,14H2,1H3,(H,22,25)(H2,21,26,27). The number of aryl methyl sites for hydroxylation is 2. The van der Waals surface area contributed by atoms with Crippen LogP contribution in [0, 0.1) is 0 Å². The van der Waals surface area contributed by atoms with Crippen molar-refractivity contribution >= 4 is 50.1 Å². The number of thioether (sulfide) groups is 1. The number of fused-ring (bicyclic) bond motifs is 1. The van der Waals surface area contributed by atoms with Gasteiger partial charge in [0.15, 0.2) is 0 Å². The molecule has 0 spiro atoms. The molecule has 1 aromatic carbocycles. The van der Waals surface area contributed by atoms with Gasteiger partial charge in [-0.25, -0.2) is 18.5 Å². The number of sulfonamides is 1. The van der Waals surface area contributed by atoms with E-state index in [-0.39, 0.29) is 10.8 Å². The third-order valence-corrected chi connectivity index (χ3v) is 7.52. The van der Waals surface area contributed by atoms with Crippen molar-refractivity contribution in [3.05, 3.63) is 46.4 Å². The highest BCUT2D eigenvalue weighted by Gasteiger charge is 2.15. The minimum Gasteiger partial charge on any atom is -0.355 e. The molecule has 0 saturated heterocycles. The third-order valence-electron chi connectivity index (χ3n) is 4.54. The van der Waals surface area contributed by atoms with E-state index >= 15 is 0 Å². The first-order valence-electron chi connectivity index (χ1n) is 9.77. The molecule has 0 atom stereocenters. The average molecular weight is 467 g/mol. The van der Waals surface area contributed by atoms with Gasteiger partial charge < -0.3 is 9.88 Å². The Morgan fingerprint density at radius 3 is 2.87 bits per heavy atom. The molecule has 3 rings (SSSR count). The molecule has 0 saturated carbocycles. The number of aromatic nitrogens is 2. The van der Waals surface area contributed by atoms with Gasteiger partial charge in [-0.2, -0.15) is 11.8 Å². The number of amides is 1. The molecule has 0 radical (unpaired) electrons. The molecular formula is C20H26N4O3S3. The van der Waals surface area contributed by atoms with Crippen LogP contribution < -0.4 is 10.5 Å². The normalized spacial score (nSPS) is 11.8. The fourth-order valence-electron chi connectivity index (χ4n) is 3.14. The second kappa shape index (κ2) is 10.4.